The van der Waals surface area contributed by atoms with E-state index < -0.39 is 0 Å². The fourth-order valence-corrected chi connectivity index (χ4v) is 3.57. The van der Waals surface area contributed by atoms with E-state index in [4.69, 9.17) is 0 Å². The predicted octanol–water partition coefficient (Wildman–Crippen LogP) is 2.92. The molecule has 1 aliphatic carbocycles. The Labute approximate surface area is 170 Å². The summed E-state index contributed by atoms with van der Waals surface area (Å²) in [4.78, 5) is 11.1. The first-order valence-corrected chi connectivity index (χ1v) is 9.21. The van der Waals surface area contributed by atoms with Gasteiger partial charge in [-0.25, -0.2) is 0 Å². The van der Waals surface area contributed by atoms with Crippen LogP contribution in [0.5, 0.6) is 0 Å². The molecule has 1 unspecified atom stereocenters. The molecule has 1 atom stereocenters. The Bertz CT molecular complexity index is 486. The van der Waals surface area contributed by atoms with Gasteiger partial charge in [0.2, 0.25) is 0 Å². The van der Waals surface area contributed by atoms with Crippen LogP contribution in [0.3, 0.4) is 0 Å². The number of likely N-dealkylation sites (N-methyl/N-ethyl adjacent to an activating group) is 1. The molecule has 0 bridgehead atoms. The first-order valence-electron chi connectivity index (χ1n) is 9.21. The van der Waals surface area contributed by atoms with Gasteiger partial charge in [0, 0.05) is 44.5 Å². The van der Waals surface area contributed by atoms with Crippen LogP contribution in [0.4, 0.5) is 0 Å². The number of pyridine rings is 1. The molecule has 0 amide bonds. The average Bonchev–Trinajstić information content (AvgIpc) is 2.62. The number of rotatable bonds is 7. The van der Waals surface area contributed by atoms with Crippen molar-refractivity contribution in [2.75, 3.05) is 34.2 Å². The fraction of sp³-hybridized carbons (Fsp3) is 0.684. The summed E-state index contributed by atoms with van der Waals surface area (Å²) in [6.07, 6.45) is 9.63. The summed E-state index contributed by atoms with van der Waals surface area (Å²) in [5.74, 6) is 1.68. The second kappa shape index (κ2) is 12.5. The lowest BCUT2D eigenvalue weighted by Crippen LogP contribution is -2.48. The van der Waals surface area contributed by atoms with Gasteiger partial charge in [0.05, 0.1) is 0 Å². The van der Waals surface area contributed by atoms with Crippen LogP contribution in [0.1, 0.15) is 37.8 Å². The van der Waals surface area contributed by atoms with Crippen molar-refractivity contribution in [3.8, 4) is 0 Å². The number of aromatic nitrogens is 1. The Morgan fingerprint density at radius 3 is 2.60 bits per heavy atom. The van der Waals surface area contributed by atoms with E-state index in [2.05, 4.69) is 45.7 Å². The molecular weight excluding hydrogens is 425 g/mol. The van der Waals surface area contributed by atoms with E-state index in [1.54, 1.807) is 0 Å². The Morgan fingerprint density at radius 2 is 2.00 bits per heavy atom. The molecule has 2 N–H and O–H groups in total. The van der Waals surface area contributed by atoms with Gasteiger partial charge in [-0.3, -0.25) is 9.98 Å². The van der Waals surface area contributed by atoms with Gasteiger partial charge in [-0.1, -0.05) is 25.3 Å². The molecule has 1 heterocycles. The van der Waals surface area contributed by atoms with E-state index in [1.165, 1.54) is 32.1 Å². The van der Waals surface area contributed by atoms with Gasteiger partial charge >= 0.3 is 0 Å². The zero-order chi connectivity index (χ0) is 17.2. The van der Waals surface area contributed by atoms with E-state index in [-0.39, 0.29) is 24.0 Å². The van der Waals surface area contributed by atoms with Crippen molar-refractivity contribution in [2.24, 2.45) is 10.9 Å². The molecule has 5 nitrogen and oxygen atoms in total. The Morgan fingerprint density at radius 1 is 1.24 bits per heavy atom. The highest BCUT2D eigenvalue weighted by Gasteiger charge is 2.25. The first-order chi connectivity index (χ1) is 11.7. The summed E-state index contributed by atoms with van der Waals surface area (Å²) in [5.41, 5.74) is 1.11. The summed E-state index contributed by atoms with van der Waals surface area (Å²) in [6.45, 7) is 1.79. The lowest BCUT2D eigenvalue weighted by molar-refractivity contribution is 0.171. The number of nitrogens with one attached hydrogen (secondary N) is 2. The highest BCUT2D eigenvalue weighted by Crippen LogP contribution is 2.27. The summed E-state index contributed by atoms with van der Waals surface area (Å²) in [5, 5.41) is 6.91. The van der Waals surface area contributed by atoms with Crippen LogP contribution in [-0.4, -0.2) is 56.1 Å². The van der Waals surface area contributed by atoms with Gasteiger partial charge in [0.1, 0.15) is 0 Å². The third kappa shape index (κ3) is 7.90. The molecule has 1 aliphatic rings. The van der Waals surface area contributed by atoms with Crippen LogP contribution in [0.2, 0.25) is 0 Å². The third-order valence-corrected chi connectivity index (χ3v) is 4.96. The van der Waals surface area contributed by atoms with Gasteiger partial charge in [-0.05, 0) is 45.0 Å². The standard InChI is InChI=1S/C19H33N5.HI/c1-20-19(22-14-12-17-11-7-8-13-21-17)23-15-18(24(2)3)16-9-5-4-6-10-16;/h7-8,11,13,16,18H,4-6,9-10,12,14-15H2,1-3H3,(H2,20,22,23);1H. The number of aliphatic imine (C=N–C) groups is 1. The third-order valence-electron chi connectivity index (χ3n) is 4.96. The molecule has 1 saturated carbocycles. The van der Waals surface area contributed by atoms with E-state index in [1.807, 2.05) is 25.4 Å². The number of nitrogens with zero attached hydrogens (tertiary/aromatic N) is 3. The fourth-order valence-electron chi connectivity index (χ4n) is 3.57. The highest BCUT2D eigenvalue weighted by molar-refractivity contribution is 14.0. The van der Waals surface area contributed by atoms with Gasteiger partial charge in [0.25, 0.3) is 0 Å². The molecule has 0 aliphatic heterocycles. The molecule has 25 heavy (non-hydrogen) atoms. The molecule has 0 aromatic carbocycles. The minimum atomic E-state index is 0. The predicted molar refractivity (Wildman–Crippen MR) is 117 cm³/mol. The average molecular weight is 459 g/mol. The molecule has 1 aromatic heterocycles. The zero-order valence-corrected chi connectivity index (χ0v) is 18.2. The number of halogens is 1. The molecule has 1 aromatic rings. The molecule has 0 saturated heterocycles. The minimum Gasteiger partial charge on any atom is -0.356 e. The van der Waals surface area contributed by atoms with Crippen molar-refractivity contribution >= 4 is 29.9 Å². The minimum absolute atomic E-state index is 0. The van der Waals surface area contributed by atoms with Crippen LogP contribution in [-0.2, 0) is 6.42 Å². The number of hydrogen-bond donors (Lipinski definition) is 2. The summed E-state index contributed by atoms with van der Waals surface area (Å²) in [7, 11) is 6.22. The van der Waals surface area contributed by atoms with Crippen molar-refractivity contribution in [1.82, 2.24) is 20.5 Å². The van der Waals surface area contributed by atoms with Crippen molar-refractivity contribution in [3.05, 3.63) is 30.1 Å². The Hall–Kier alpha value is -0.890. The van der Waals surface area contributed by atoms with E-state index in [9.17, 15) is 0 Å². The van der Waals surface area contributed by atoms with Crippen LogP contribution < -0.4 is 10.6 Å². The molecule has 142 valence electrons. The van der Waals surface area contributed by atoms with Crippen molar-refractivity contribution in [3.63, 3.8) is 0 Å². The topological polar surface area (TPSA) is 52.6 Å². The highest BCUT2D eigenvalue weighted by atomic mass is 127. The molecule has 1 fully saturated rings. The SMILES string of the molecule is CN=C(NCCc1ccccn1)NCC(C1CCCCC1)N(C)C.I. The lowest BCUT2D eigenvalue weighted by Gasteiger charge is -2.35. The number of guanidine groups is 1. The monoisotopic (exact) mass is 459 g/mol. The van der Waals surface area contributed by atoms with Crippen LogP contribution in [0.15, 0.2) is 29.4 Å². The summed E-state index contributed by atoms with van der Waals surface area (Å²) >= 11 is 0. The van der Waals surface area contributed by atoms with Crippen molar-refractivity contribution in [2.45, 2.75) is 44.6 Å². The van der Waals surface area contributed by atoms with Crippen LogP contribution in [0, 0.1) is 5.92 Å². The van der Waals surface area contributed by atoms with Gasteiger partial charge < -0.3 is 15.5 Å². The normalized spacial score (nSPS) is 17.0. The molecule has 0 spiro atoms. The second-order valence-electron chi connectivity index (χ2n) is 6.88. The molecule has 6 heteroatoms. The number of hydrogen-bond acceptors (Lipinski definition) is 3. The van der Waals surface area contributed by atoms with E-state index in [0.717, 1.165) is 37.1 Å². The summed E-state index contributed by atoms with van der Waals surface area (Å²) in [6, 6.07) is 6.61. The largest absolute Gasteiger partial charge is 0.356 e. The maximum absolute atomic E-state index is 4.35. The maximum Gasteiger partial charge on any atom is 0.191 e. The van der Waals surface area contributed by atoms with Gasteiger partial charge in [0.15, 0.2) is 5.96 Å². The molecule has 0 radical (unpaired) electrons. The zero-order valence-electron chi connectivity index (χ0n) is 15.9. The van der Waals surface area contributed by atoms with Crippen LogP contribution in [0.25, 0.3) is 0 Å². The van der Waals surface area contributed by atoms with Crippen LogP contribution >= 0.6 is 24.0 Å². The first kappa shape index (κ1) is 22.2. The quantitative estimate of drug-likeness (QED) is 0.374. The van der Waals surface area contributed by atoms with E-state index in [0.29, 0.717) is 6.04 Å². The van der Waals surface area contributed by atoms with Crippen molar-refractivity contribution < 1.29 is 0 Å². The Kier molecular flexibility index (Phi) is 11.0. The second-order valence-corrected chi connectivity index (χ2v) is 6.88. The molecule has 2 rings (SSSR count). The van der Waals surface area contributed by atoms with Gasteiger partial charge in [-0.15, -0.1) is 24.0 Å². The van der Waals surface area contributed by atoms with Crippen molar-refractivity contribution in [1.29, 1.82) is 0 Å². The smallest absolute Gasteiger partial charge is 0.191 e. The maximum atomic E-state index is 4.35. The van der Waals surface area contributed by atoms with E-state index >= 15 is 0 Å². The Balaban J connectivity index is 0.00000312. The molecular formula is C19H34IN5. The lowest BCUT2D eigenvalue weighted by atomic mass is 9.83. The van der Waals surface area contributed by atoms with Gasteiger partial charge in [-0.2, -0.15) is 0 Å². The summed E-state index contributed by atoms with van der Waals surface area (Å²) < 4.78 is 0.